The van der Waals surface area contributed by atoms with E-state index in [1.165, 1.54) is 0 Å². The third-order valence-electron chi connectivity index (χ3n) is 4.50. The second kappa shape index (κ2) is 6.42. The number of hydrogen-bond donors (Lipinski definition) is 1. The average Bonchev–Trinajstić information content (AvgIpc) is 2.89. The molecular formula is C15H27N3O3. The molecule has 1 atom stereocenters. The van der Waals surface area contributed by atoms with Crippen molar-refractivity contribution in [3.63, 3.8) is 0 Å². The Hall–Kier alpha value is -0.980. The second-order valence-electron chi connectivity index (χ2n) is 6.79. The van der Waals surface area contributed by atoms with Crippen LogP contribution in [0.25, 0.3) is 0 Å². The SMILES string of the molecule is COCC(N)Cc1nc(C2(OC)CCC(C)(C)CC2)no1. The fourth-order valence-electron chi connectivity index (χ4n) is 2.87. The van der Waals surface area contributed by atoms with Gasteiger partial charge in [0.25, 0.3) is 0 Å². The van der Waals surface area contributed by atoms with Crippen LogP contribution in [0, 0.1) is 5.41 Å². The van der Waals surface area contributed by atoms with Crippen molar-refractivity contribution in [2.45, 2.75) is 57.6 Å². The largest absolute Gasteiger partial charge is 0.383 e. The Balaban J connectivity index is 2.08. The molecule has 21 heavy (non-hydrogen) atoms. The molecule has 1 saturated carbocycles. The molecule has 0 amide bonds. The molecule has 0 radical (unpaired) electrons. The van der Waals surface area contributed by atoms with Crippen LogP contribution in [-0.2, 0) is 21.5 Å². The summed E-state index contributed by atoms with van der Waals surface area (Å²) in [6, 6.07) is -0.132. The van der Waals surface area contributed by atoms with Crippen LogP contribution >= 0.6 is 0 Å². The van der Waals surface area contributed by atoms with Gasteiger partial charge in [0.15, 0.2) is 0 Å². The van der Waals surface area contributed by atoms with Crippen LogP contribution in [-0.4, -0.2) is 37.0 Å². The Labute approximate surface area is 126 Å². The van der Waals surface area contributed by atoms with E-state index in [2.05, 4.69) is 24.0 Å². The number of rotatable bonds is 6. The average molecular weight is 297 g/mol. The van der Waals surface area contributed by atoms with E-state index in [1.807, 2.05) is 0 Å². The lowest BCUT2D eigenvalue weighted by Gasteiger charge is -2.40. The highest BCUT2D eigenvalue weighted by atomic mass is 16.5. The summed E-state index contributed by atoms with van der Waals surface area (Å²) in [5.41, 5.74) is 5.86. The number of hydrogen-bond acceptors (Lipinski definition) is 6. The predicted octanol–water partition coefficient (Wildman–Crippen LogP) is 2.03. The van der Waals surface area contributed by atoms with E-state index in [1.54, 1.807) is 14.2 Å². The van der Waals surface area contributed by atoms with Crippen molar-refractivity contribution in [3.8, 4) is 0 Å². The lowest BCUT2D eigenvalue weighted by atomic mass is 9.70. The van der Waals surface area contributed by atoms with E-state index in [0.29, 0.717) is 30.2 Å². The molecule has 120 valence electrons. The first kappa shape index (κ1) is 16.4. The van der Waals surface area contributed by atoms with Crippen molar-refractivity contribution < 1.29 is 14.0 Å². The van der Waals surface area contributed by atoms with Crippen LogP contribution in [0.3, 0.4) is 0 Å². The summed E-state index contributed by atoms with van der Waals surface area (Å²) in [4.78, 5) is 4.51. The van der Waals surface area contributed by atoms with Crippen LogP contribution in [0.1, 0.15) is 51.2 Å². The van der Waals surface area contributed by atoms with Crippen LogP contribution in [0.5, 0.6) is 0 Å². The molecule has 0 spiro atoms. The first-order valence-corrected chi connectivity index (χ1v) is 7.53. The number of nitrogens with two attached hydrogens (primary N) is 1. The van der Waals surface area contributed by atoms with Gasteiger partial charge in [-0.05, 0) is 31.1 Å². The molecule has 0 aromatic carbocycles. The third kappa shape index (κ3) is 3.81. The smallest absolute Gasteiger partial charge is 0.228 e. The molecule has 6 nitrogen and oxygen atoms in total. The first-order chi connectivity index (χ1) is 9.91. The van der Waals surface area contributed by atoms with Crippen LogP contribution in [0.4, 0.5) is 0 Å². The van der Waals surface area contributed by atoms with Gasteiger partial charge in [-0.15, -0.1) is 0 Å². The summed E-state index contributed by atoms with van der Waals surface area (Å²) in [6.45, 7) is 5.05. The van der Waals surface area contributed by atoms with Crippen LogP contribution in [0.15, 0.2) is 4.52 Å². The molecule has 1 aromatic rings. The first-order valence-electron chi connectivity index (χ1n) is 7.53. The van der Waals surface area contributed by atoms with Crippen molar-refractivity contribution >= 4 is 0 Å². The van der Waals surface area contributed by atoms with Crippen LogP contribution < -0.4 is 5.73 Å². The zero-order valence-electron chi connectivity index (χ0n) is 13.5. The van der Waals surface area contributed by atoms with Crippen molar-refractivity contribution in [3.05, 3.63) is 11.7 Å². The summed E-state index contributed by atoms with van der Waals surface area (Å²) in [6.07, 6.45) is 4.53. The lowest BCUT2D eigenvalue weighted by molar-refractivity contribution is -0.0740. The predicted molar refractivity (Wildman–Crippen MR) is 78.8 cm³/mol. The van der Waals surface area contributed by atoms with Crippen LogP contribution in [0.2, 0.25) is 0 Å². The van der Waals surface area contributed by atoms with Crippen molar-refractivity contribution in [1.82, 2.24) is 10.1 Å². The van der Waals surface area contributed by atoms with Gasteiger partial charge in [-0.3, -0.25) is 0 Å². The Kier molecular flexibility index (Phi) is 5.01. The Morgan fingerprint density at radius 3 is 2.48 bits per heavy atom. The van der Waals surface area contributed by atoms with E-state index >= 15 is 0 Å². The minimum absolute atomic E-state index is 0.132. The van der Waals surface area contributed by atoms with E-state index in [9.17, 15) is 0 Å². The highest BCUT2D eigenvalue weighted by Crippen LogP contribution is 2.46. The molecule has 1 aliphatic carbocycles. The lowest BCUT2D eigenvalue weighted by Crippen LogP contribution is -2.37. The van der Waals surface area contributed by atoms with Crippen molar-refractivity contribution in [2.75, 3.05) is 20.8 Å². The Morgan fingerprint density at radius 1 is 1.24 bits per heavy atom. The number of nitrogens with zero attached hydrogens (tertiary/aromatic N) is 2. The number of ether oxygens (including phenoxy) is 2. The molecular weight excluding hydrogens is 270 g/mol. The highest BCUT2D eigenvalue weighted by Gasteiger charge is 2.43. The summed E-state index contributed by atoms with van der Waals surface area (Å²) in [5, 5.41) is 4.14. The maximum atomic E-state index is 5.92. The molecule has 2 rings (SSSR count). The molecule has 2 N–H and O–H groups in total. The van der Waals surface area contributed by atoms with Gasteiger partial charge in [0, 0.05) is 26.7 Å². The van der Waals surface area contributed by atoms with Crippen molar-refractivity contribution in [1.29, 1.82) is 0 Å². The molecule has 1 unspecified atom stereocenters. The molecule has 6 heteroatoms. The summed E-state index contributed by atoms with van der Waals surface area (Å²) < 4.78 is 16.1. The van der Waals surface area contributed by atoms with Gasteiger partial charge in [0.1, 0.15) is 5.60 Å². The van der Waals surface area contributed by atoms with E-state index < -0.39 is 5.60 Å². The minimum Gasteiger partial charge on any atom is -0.383 e. The number of aromatic nitrogens is 2. The second-order valence-corrected chi connectivity index (χ2v) is 6.79. The summed E-state index contributed by atoms with van der Waals surface area (Å²) in [7, 11) is 3.35. The van der Waals surface area contributed by atoms with Crippen molar-refractivity contribution in [2.24, 2.45) is 11.1 Å². The van der Waals surface area contributed by atoms with E-state index in [4.69, 9.17) is 19.7 Å². The summed E-state index contributed by atoms with van der Waals surface area (Å²) in [5.74, 6) is 1.20. The molecule has 1 fully saturated rings. The molecule has 0 bridgehead atoms. The van der Waals surface area contributed by atoms with Gasteiger partial charge in [-0.1, -0.05) is 19.0 Å². The Bertz CT molecular complexity index is 449. The fourth-order valence-corrected chi connectivity index (χ4v) is 2.87. The fraction of sp³-hybridized carbons (Fsp3) is 0.867. The molecule has 1 aromatic heterocycles. The molecule has 1 heterocycles. The zero-order valence-corrected chi connectivity index (χ0v) is 13.5. The summed E-state index contributed by atoms with van der Waals surface area (Å²) >= 11 is 0. The van der Waals surface area contributed by atoms with E-state index in [-0.39, 0.29) is 6.04 Å². The minimum atomic E-state index is -0.414. The molecule has 0 saturated heterocycles. The monoisotopic (exact) mass is 297 g/mol. The maximum absolute atomic E-state index is 5.92. The highest BCUT2D eigenvalue weighted by molar-refractivity contribution is 5.05. The zero-order chi connectivity index (χ0) is 15.5. The van der Waals surface area contributed by atoms with Gasteiger partial charge in [-0.25, -0.2) is 0 Å². The van der Waals surface area contributed by atoms with Gasteiger partial charge in [0.05, 0.1) is 6.61 Å². The van der Waals surface area contributed by atoms with Gasteiger partial charge in [-0.2, -0.15) is 4.98 Å². The van der Waals surface area contributed by atoms with Gasteiger partial charge < -0.3 is 19.7 Å². The normalized spacial score (nSPS) is 22.1. The molecule has 1 aliphatic rings. The maximum Gasteiger partial charge on any atom is 0.228 e. The van der Waals surface area contributed by atoms with Gasteiger partial charge in [0.2, 0.25) is 11.7 Å². The third-order valence-corrected chi connectivity index (χ3v) is 4.50. The standard InChI is InChI=1S/C15H27N3O3/c1-14(2)5-7-15(20-4,8-6-14)13-17-12(21-18-13)9-11(16)10-19-3/h11H,5-10,16H2,1-4H3. The number of methoxy groups -OCH3 is 2. The van der Waals surface area contributed by atoms with Gasteiger partial charge >= 0.3 is 0 Å². The van der Waals surface area contributed by atoms with E-state index in [0.717, 1.165) is 25.7 Å². The quantitative estimate of drug-likeness (QED) is 0.865. The Morgan fingerprint density at radius 2 is 1.90 bits per heavy atom. The molecule has 0 aliphatic heterocycles. The topological polar surface area (TPSA) is 83.4 Å².